The molecule has 1 aliphatic rings. The number of morpholine rings is 1. The van der Waals surface area contributed by atoms with Crippen molar-refractivity contribution in [2.75, 3.05) is 31.6 Å². The SMILES string of the molecule is Cc1ccccc1Cc1cccc([C@H]2CN(CC(=O)Nc3ccnn3C(C)C)CCO2)n1. The minimum Gasteiger partial charge on any atom is -0.369 e. The third-order valence-electron chi connectivity index (χ3n) is 5.74. The quantitative estimate of drug-likeness (QED) is 0.614. The van der Waals surface area contributed by atoms with Gasteiger partial charge in [-0.1, -0.05) is 30.3 Å². The molecule has 1 N–H and O–H groups in total. The van der Waals surface area contributed by atoms with Gasteiger partial charge < -0.3 is 10.1 Å². The average Bonchev–Trinajstić information content (AvgIpc) is 3.24. The normalized spacial score (nSPS) is 16.9. The van der Waals surface area contributed by atoms with E-state index in [1.807, 2.05) is 36.7 Å². The number of nitrogens with one attached hydrogen (secondary N) is 1. The Morgan fingerprint density at radius 1 is 1.19 bits per heavy atom. The summed E-state index contributed by atoms with van der Waals surface area (Å²) in [5.41, 5.74) is 4.49. The first-order chi connectivity index (χ1) is 15.5. The highest BCUT2D eigenvalue weighted by molar-refractivity contribution is 5.91. The van der Waals surface area contributed by atoms with Crippen molar-refractivity contribution in [3.05, 3.63) is 77.2 Å². The van der Waals surface area contributed by atoms with Crippen molar-refractivity contribution in [1.82, 2.24) is 19.7 Å². The van der Waals surface area contributed by atoms with E-state index < -0.39 is 0 Å². The molecule has 0 radical (unpaired) electrons. The standard InChI is InChI=1S/C25H31N5O2/c1-18(2)30-24(11-12-26-30)28-25(31)17-29-13-14-32-23(16-29)22-10-6-9-21(27-22)15-20-8-5-4-7-19(20)3/h4-12,18,23H,13-17H2,1-3H3,(H,28,31)/t23-/m1/s1. The molecule has 3 heterocycles. The molecule has 1 fully saturated rings. The van der Waals surface area contributed by atoms with Crippen LogP contribution in [0.3, 0.4) is 0 Å². The van der Waals surface area contributed by atoms with Crippen LogP contribution in [-0.2, 0) is 16.0 Å². The van der Waals surface area contributed by atoms with Gasteiger partial charge in [-0.2, -0.15) is 5.10 Å². The van der Waals surface area contributed by atoms with E-state index in [2.05, 4.69) is 52.6 Å². The van der Waals surface area contributed by atoms with E-state index in [0.717, 1.165) is 30.2 Å². The van der Waals surface area contributed by atoms with Gasteiger partial charge >= 0.3 is 0 Å². The van der Waals surface area contributed by atoms with Gasteiger partial charge in [-0.3, -0.25) is 14.7 Å². The molecule has 0 saturated carbocycles. The Morgan fingerprint density at radius 3 is 2.84 bits per heavy atom. The molecule has 4 rings (SSSR count). The van der Waals surface area contributed by atoms with Crippen molar-refractivity contribution in [3.8, 4) is 0 Å². The third-order valence-corrected chi connectivity index (χ3v) is 5.74. The fraction of sp³-hybridized carbons (Fsp3) is 0.400. The number of amides is 1. The molecule has 0 aliphatic carbocycles. The van der Waals surface area contributed by atoms with Crippen molar-refractivity contribution in [1.29, 1.82) is 0 Å². The maximum absolute atomic E-state index is 12.6. The van der Waals surface area contributed by atoms with Crippen LogP contribution in [0.1, 0.15) is 48.5 Å². The van der Waals surface area contributed by atoms with Gasteiger partial charge in [0, 0.05) is 37.3 Å². The van der Waals surface area contributed by atoms with Crippen molar-refractivity contribution in [2.24, 2.45) is 0 Å². The molecule has 1 aliphatic heterocycles. The lowest BCUT2D eigenvalue weighted by atomic mass is 10.0. The molecule has 32 heavy (non-hydrogen) atoms. The van der Waals surface area contributed by atoms with Crippen LogP contribution in [0.4, 0.5) is 5.82 Å². The van der Waals surface area contributed by atoms with E-state index in [9.17, 15) is 4.79 Å². The van der Waals surface area contributed by atoms with Crippen molar-refractivity contribution in [3.63, 3.8) is 0 Å². The van der Waals surface area contributed by atoms with E-state index in [1.165, 1.54) is 11.1 Å². The second-order valence-electron chi connectivity index (χ2n) is 8.55. The van der Waals surface area contributed by atoms with Crippen molar-refractivity contribution in [2.45, 2.75) is 39.3 Å². The number of hydrogen-bond donors (Lipinski definition) is 1. The topological polar surface area (TPSA) is 72.3 Å². The van der Waals surface area contributed by atoms with Gasteiger partial charge in [0.1, 0.15) is 11.9 Å². The number of anilines is 1. The van der Waals surface area contributed by atoms with Gasteiger partial charge in [0.05, 0.1) is 25.0 Å². The minimum absolute atomic E-state index is 0.0469. The van der Waals surface area contributed by atoms with Crippen LogP contribution >= 0.6 is 0 Å². The Hall–Kier alpha value is -3.03. The number of hydrogen-bond acceptors (Lipinski definition) is 5. The summed E-state index contributed by atoms with van der Waals surface area (Å²) in [6.45, 7) is 8.44. The number of nitrogens with zero attached hydrogens (tertiary/aromatic N) is 4. The Morgan fingerprint density at radius 2 is 2.03 bits per heavy atom. The summed E-state index contributed by atoms with van der Waals surface area (Å²) < 4.78 is 7.82. The predicted octanol–water partition coefficient (Wildman–Crippen LogP) is 3.77. The Balaban J connectivity index is 1.38. The van der Waals surface area contributed by atoms with Crippen molar-refractivity contribution < 1.29 is 9.53 Å². The number of pyridine rings is 1. The number of ether oxygens (including phenoxy) is 1. The van der Waals surface area contributed by atoms with Gasteiger partial charge in [-0.25, -0.2) is 4.68 Å². The second kappa shape index (κ2) is 10.1. The Kier molecular flexibility index (Phi) is 6.97. The van der Waals surface area contributed by atoms with Gasteiger partial charge in [0.2, 0.25) is 5.91 Å². The average molecular weight is 434 g/mol. The summed E-state index contributed by atoms with van der Waals surface area (Å²) in [5.74, 6) is 0.676. The van der Waals surface area contributed by atoms with Crippen LogP contribution < -0.4 is 5.32 Å². The van der Waals surface area contributed by atoms with Crippen LogP contribution in [0.25, 0.3) is 0 Å². The lowest BCUT2D eigenvalue weighted by Crippen LogP contribution is -2.43. The number of rotatable bonds is 7. The number of carbonyl (C=O) groups is 1. The van der Waals surface area contributed by atoms with Gasteiger partial charge in [-0.05, 0) is 44.0 Å². The molecule has 0 spiro atoms. The zero-order valence-electron chi connectivity index (χ0n) is 19.0. The van der Waals surface area contributed by atoms with Crippen LogP contribution in [0.5, 0.6) is 0 Å². The van der Waals surface area contributed by atoms with E-state index >= 15 is 0 Å². The summed E-state index contributed by atoms with van der Waals surface area (Å²) in [5, 5.41) is 7.25. The van der Waals surface area contributed by atoms with E-state index in [1.54, 1.807) is 6.20 Å². The lowest BCUT2D eigenvalue weighted by Gasteiger charge is -2.32. The summed E-state index contributed by atoms with van der Waals surface area (Å²) in [6.07, 6.45) is 2.35. The molecule has 7 nitrogen and oxygen atoms in total. The molecule has 1 aromatic carbocycles. The predicted molar refractivity (Wildman–Crippen MR) is 125 cm³/mol. The summed E-state index contributed by atoms with van der Waals surface area (Å²) >= 11 is 0. The van der Waals surface area contributed by atoms with Crippen LogP contribution in [0, 0.1) is 6.92 Å². The maximum Gasteiger partial charge on any atom is 0.239 e. The van der Waals surface area contributed by atoms with Crippen LogP contribution in [0.15, 0.2) is 54.7 Å². The molecule has 3 aromatic rings. The van der Waals surface area contributed by atoms with Gasteiger partial charge in [0.15, 0.2) is 0 Å². The highest BCUT2D eigenvalue weighted by atomic mass is 16.5. The molecule has 168 valence electrons. The molecule has 7 heteroatoms. The van der Waals surface area contributed by atoms with E-state index in [-0.39, 0.29) is 18.1 Å². The molecule has 2 aromatic heterocycles. The fourth-order valence-electron chi connectivity index (χ4n) is 4.01. The fourth-order valence-corrected chi connectivity index (χ4v) is 4.01. The molecule has 0 bridgehead atoms. The van der Waals surface area contributed by atoms with E-state index in [0.29, 0.717) is 19.7 Å². The highest BCUT2D eigenvalue weighted by Crippen LogP contribution is 2.22. The molecule has 1 saturated heterocycles. The first-order valence-corrected chi connectivity index (χ1v) is 11.2. The van der Waals surface area contributed by atoms with Crippen molar-refractivity contribution >= 4 is 11.7 Å². The Bertz CT molecular complexity index is 1060. The van der Waals surface area contributed by atoms with Gasteiger partial charge in [0.25, 0.3) is 0 Å². The number of carbonyl (C=O) groups excluding carboxylic acids is 1. The zero-order valence-corrected chi connectivity index (χ0v) is 19.0. The minimum atomic E-state index is -0.144. The lowest BCUT2D eigenvalue weighted by molar-refractivity contribution is -0.119. The molecule has 1 amide bonds. The second-order valence-corrected chi connectivity index (χ2v) is 8.55. The monoisotopic (exact) mass is 433 g/mol. The van der Waals surface area contributed by atoms with E-state index in [4.69, 9.17) is 9.72 Å². The van der Waals surface area contributed by atoms with Crippen LogP contribution in [-0.4, -0.2) is 51.8 Å². The smallest absolute Gasteiger partial charge is 0.239 e. The van der Waals surface area contributed by atoms with Gasteiger partial charge in [-0.15, -0.1) is 0 Å². The Labute approximate surface area is 189 Å². The first-order valence-electron chi connectivity index (χ1n) is 11.2. The molecule has 0 unspecified atom stereocenters. The molecule has 1 atom stereocenters. The maximum atomic E-state index is 12.6. The summed E-state index contributed by atoms with van der Waals surface area (Å²) in [6, 6.07) is 16.5. The molecular weight excluding hydrogens is 402 g/mol. The first kappa shape index (κ1) is 22.2. The number of aromatic nitrogens is 3. The number of aryl methyl sites for hydroxylation is 1. The largest absolute Gasteiger partial charge is 0.369 e. The zero-order chi connectivity index (χ0) is 22.5. The summed E-state index contributed by atoms with van der Waals surface area (Å²) in [4.78, 5) is 19.6. The molecular formula is C25H31N5O2. The van der Waals surface area contributed by atoms with Crippen LogP contribution in [0.2, 0.25) is 0 Å². The highest BCUT2D eigenvalue weighted by Gasteiger charge is 2.25. The number of benzene rings is 1. The summed E-state index contributed by atoms with van der Waals surface area (Å²) in [7, 11) is 0. The third kappa shape index (κ3) is 5.41.